The van der Waals surface area contributed by atoms with Gasteiger partial charge < -0.3 is 10.1 Å². The highest BCUT2D eigenvalue weighted by Crippen LogP contribution is 2.23. The zero-order chi connectivity index (χ0) is 16.2. The number of hydrogen-bond acceptors (Lipinski definition) is 5. The third-order valence-electron chi connectivity index (χ3n) is 3.00. The van der Waals surface area contributed by atoms with Crippen molar-refractivity contribution < 1.29 is 14.3 Å². The van der Waals surface area contributed by atoms with E-state index in [0.29, 0.717) is 18.2 Å². The summed E-state index contributed by atoms with van der Waals surface area (Å²) in [7, 11) is 0. The molecule has 1 aliphatic rings. The molecule has 0 radical (unpaired) electrons. The van der Waals surface area contributed by atoms with Gasteiger partial charge in [0.15, 0.2) is 0 Å². The molecule has 6 nitrogen and oxygen atoms in total. The fourth-order valence-electron chi connectivity index (χ4n) is 1.97. The molecule has 1 fully saturated rings. The highest BCUT2D eigenvalue weighted by atomic mass is 32.2. The second-order valence-corrected chi connectivity index (χ2v) is 7.04. The quantitative estimate of drug-likeness (QED) is 0.921. The predicted octanol–water partition coefficient (Wildman–Crippen LogP) is 2.01. The van der Waals surface area contributed by atoms with E-state index in [9.17, 15) is 9.59 Å². The maximum Gasteiger partial charge on any atom is 0.411 e. The van der Waals surface area contributed by atoms with Crippen molar-refractivity contribution in [2.75, 3.05) is 11.6 Å². The summed E-state index contributed by atoms with van der Waals surface area (Å²) >= 11 is 1.55. The normalized spacial score (nSPS) is 18.1. The summed E-state index contributed by atoms with van der Waals surface area (Å²) in [6.07, 6.45) is 2.94. The Morgan fingerprint density at radius 3 is 2.91 bits per heavy atom. The SMILES string of the molecule is CC(C)(C)OC(=O)N1CSC[C@@H]1C(=O)NCc1cccnc1. The van der Waals surface area contributed by atoms with E-state index in [2.05, 4.69) is 10.3 Å². The van der Waals surface area contributed by atoms with Crippen molar-refractivity contribution >= 4 is 23.8 Å². The number of nitrogens with zero attached hydrogens (tertiary/aromatic N) is 2. The first-order valence-corrected chi connectivity index (χ1v) is 8.26. The van der Waals surface area contributed by atoms with Crippen LogP contribution in [-0.4, -0.2) is 45.2 Å². The maximum absolute atomic E-state index is 12.3. The van der Waals surface area contributed by atoms with E-state index in [0.717, 1.165) is 5.56 Å². The lowest BCUT2D eigenvalue weighted by molar-refractivity contribution is -0.125. The summed E-state index contributed by atoms with van der Waals surface area (Å²) < 4.78 is 5.35. The number of carbonyl (C=O) groups excluding carboxylic acids is 2. The summed E-state index contributed by atoms with van der Waals surface area (Å²) in [6.45, 7) is 5.83. The van der Waals surface area contributed by atoms with Crippen molar-refractivity contribution in [3.8, 4) is 0 Å². The summed E-state index contributed by atoms with van der Waals surface area (Å²) in [6, 6.07) is 3.22. The van der Waals surface area contributed by atoms with Crippen LogP contribution in [0.2, 0.25) is 0 Å². The average Bonchev–Trinajstić information content (AvgIpc) is 2.93. The molecule has 0 aliphatic carbocycles. The number of rotatable bonds is 3. The molecule has 0 spiro atoms. The molecule has 120 valence electrons. The molecular weight excluding hydrogens is 302 g/mol. The fraction of sp³-hybridized carbons (Fsp3) is 0.533. The van der Waals surface area contributed by atoms with E-state index in [1.54, 1.807) is 24.2 Å². The lowest BCUT2D eigenvalue weighted by Gasteiger charge is -2.27. The van der Waals surface area contributed by atoms with Crippen LogP contribution in [0.5, 0.6) is 0 Å². The molecule has 0 bridgehead atoms. The Balaban J connectivity index is 1.92. The third kappa shape index (κ3) is 4.62. The number of amides is 2. The molecule has 1 aromatic rings. The molecule has 1 aromatic heterocycles. The van der Waals surface area contributed by atoms with E-state index in [1.165, 1.54) is 4.90 Å². The number of nitrogens with one attached hydrogen (secondary N) is 1. The third-order valence-corrected chi connectivity index (χ3v) is 4.01. The van der Waals surface area contributed by atoms with Gasteiger partial charge in [0, 0.05) is 24.7 Å². The Morgan fingerprint density at radius 2 is 2.27 bits per heavy atom. The van der Waals surface area contributed by atoms with E-state index < -0.39 is 17.7 Å². The predicted molar refractivity (Wildman–Crippen MR) is 85.3 cm³/mol. The zero-order valence-corrected chi connectivity index (χ0v) is 13.9. The largest absolute Gasteiger partial charge is 0.444 e. The molecule has 22 heavy (non-hydrogen) atoms. The number of carbonyl (C=O) groups is 2. The topological polar surface area (TPSA) is 71.5 Å². The van der Waals surface area contributed by atoms with Gasteiger partial charge in [0.25, 0.3) is 0 Å². The molecule has 2 amide bonds. The van der Waals surface area contributed by atoms with Gasteiger partial charge >= 0.3 is 6.09 Å². The second-order valence-electron chi connectivity index (χ2n) is 6.04. The Kier molecular flexibility index (Phi) is 5.28. The number of ether oxygens (including phenoxy) is 1. The summed E-state index contributed by atoms with van der Waals surface area (Å²) in [5.74, 6) is 0.887. The fourth-order valence-corrected chi connectivity index (χ4v) is 3.11. The smallest absolute Gasteiger partial charge is 0.411 e. The van der Waals surface area contributed by atoms with E-state index in [1.807, 2.05) is 32.9 Å². The second kappa shape index (κ2) is 7.00. The Morgan fingerprint density at radius 1 is 1.50 bits per heavy atom. The van der Waals surface area contributed by atoms with Gasteiger partial charge in [-0.05, 0) is 32.4 Å². The van der Waals surface area contributed by atoms with Crippen LogP contribution in [0.25, 0.3) is 0 Å². The number of pyridine rings is 1. The minimum atomic E-state index is -0.568. The molecule has 0 unspecified atom stereocenters. The molecule has 1 atom stereocenters. The molecule has 7 heteroatoms. The number of thioether (sulfide) groups is 1. The molecule has 2 heterocycles. The van der Waals surface area contributed by atoms with Crippen molar-refractivity contribution in [1.82, 2.24) is 15.2 Å². The standard InChI is InChI=1S/C15H21N3O3S/c1-15(2,3)21-14(20)18-10-22-9-12(18)13(19)17-8-11-5-4-6-16-7-11/h4-7,12H,8-10H2,1-3H3,(H,17,19)/t12-/m1/s1. The van der Waals surface area contributed by atoms with Crippen LogP contribution in [-0.2, 0) is 16.1 Å². The molecular formula is C15H21N3O3S. The van der Waals surface area contributed by atoms with Crippen LogP contribution >= 0.6 is 11.8 Å². The van der Waals surface area contributed by atoms with Crippen LogP contribution in [0.4, 0.5) is 4.79 Å². The van der Waals surface area contributed by atoms with Crippen molar-refractivity contribution in [2.45, 2.75) is 39.0 Å². The monoisotopic (exact) mass is 323 g/mol. The maximum atomic E-state index is 12.3. The average molecular weight is 323 g/mol. The zero-order valence-electron chi connectivity index (χ0n) is 13.0. The van der Waals surface area contributed by atoms with Crippen molar-refractivity contribution in [3.05, 3.63) is 30.1 Å². The van der Waals surface area contributed by atoms with Crippen LogP contribution in [0, 0.1) is 0 Å². The van der Waals surface area contributed by atoms with Gasteiger partial charge in [-0.15, -0.1) is 11.8 Å². The number of aromatic nitrogens is 1. The van der Waals surface area contributed by atoms with Gasteiger partial charge in [-0.2, -0.15) is 0 Å². The molecule has 1 aliphatic heterocycles. The minimum Gasteiger partial charge on any atom is -0.444 e. The molecule has 2 rings (SSSR count). The Bertz CT molecular complexity index is 531. The van der Waals surface area contributed by atoms with Crippen LogP contribution in [0.1, 0.15) is 26.3 Å². The van der Waals surface area contributed by atoms with Crippen LogP contribution in [0.15, 0.2) is 24.5 Å². The first-order chi connectivity index (χ1) is 10.4. The lowest BCUT2D eigenvalue weighted by atomic mass is 10.2. The van der Waals surface area contributed by atoms with Gasteiger partial charge in [0.1, 0.15) is 11.6 Å². The van der Waals surface area contributed by atoms with E-state index in [-0.39, 0.29) is 5.91 Å². The highest BCUT2D eigenvalue weighted by Gasteiger charge is 2.36. The highest BCUT2D eigenvalue weighted by molar-refractivity contribution is 7.99. The van der Waals surface area contributed by atoms with Crippen molar-refractivity contribution in [3.63, 3.8) is 0 Å². The van der Waals surface area contributed by atoms with Gasteiger partial charge in [0.05, 0.1) is 5.88 Å². The lowest BCUT2D eigenvalue weighted by Crippen LogP contribution is -2.48. The first kappa shape index (κ1) is 16.6. The molecule has 0 saturated carbocycles. The Labute approximate surface area is 134 Å². The van der Waals surface area contributed by atoms with Gasteiger partial charge in [0.2, 0.25) is 5.91 Å². The first-order valence-electron chi connectivity index (χ1n) is 7.11. The van der Waals surface area contributed by atoms with Gasteiger partial charge in [-0.25, -0.2) is 4.79 Å². The molecule has 1 saturated heterocycles. The molecule has 0 aromatic carbocycles. The minimum absolute atomic E-state index is 0.167. The van der Waals surface area contributed by atoms with Crippen molar-refractivity contribution in [2.24, 2.45) is 0 Å². The number of hydrogen-bond donors (Lipinski definition) is 1. The van der Waals surface area contributed by atoms with E-state index in [4.69, 9.17) is 4.74 Å². The van der Waals surface area contributed by atoms with Gasteiger partial charge in [-0.1, -0.05) is 6.07 Å². The van der Waals surface area contributed by atoms with Crippen LogP contribution < -0.4 is 5.32 Å². The molecule has 1 N–H and O–H groups in total. The summed E-state index contributed by atoms with van der Waals surface area (Å²) in [4.78, 5) is 29.9. The summed E-state index contributed by atoms with van der Waals surface area (Å²) in [5.41, 5.74) is 0.353. The van der Waals surface area contributed by atoms with E-state index >= 15 is 0 Å². The Hall–Kier alpha value is -1.76. The van der Waals surface area contributed by atoms with Crippen molar-refractivity contribution in [1.29, 1.82) is 0 Å². The van der Waals surface area contributed by atoms with Crippen LogP contribution in [0.3, 0.4) is 0 Å². The van der Waals surface area contributed by atoms with Gasteiger partial charge in [-0.3, -0.25) is 14.7 Å². The summed E-state index contributed by atoms with van der Waals surface area (Å²) in [5, 5.41) is 2.85.